The standard InChI is InChI=1S/C30H37N/c1-19(2)22-14-12-15-24-28(22)23-18-27(21(4)17-25(23)30(24,8)9)31(29(5,6)7)26-16-11-10-13-20(26)3/h10-19H,1-9H3. The van der Waals surface area contributed by atoms with Crippen molar-refractivity contribution in [1.29, 1.82) is 0 Å². The van der Waals surface area contributed by atoms with Gasteiger partial charge in [0.15, 0.2) is 0 Å². The summed E-state index contributed by atoms with van der Waals surface area (Å²) in [5.74, 6) is 0.497. The zero-order chi connectivity index (χ0) is 22.7. The van der Waals surface area contributed by atoms with Crippen LogP contribution in [0.3, 0.4) is 0 Å². The molecule has 0 unspecified atom stereocenters. The molecule has 3 aromatic carbocycles. The minimum absolute atomic E-state index is 0.0219. The van der Waals surface area contributed by atoms with Crippen molar-refractivity contribution in [2.45, 2.75) is 79.2 Å². The van der Waals surface area contributed by atoms with Gasteiger partial charge in [-0.05, 0) is 91.6 Å². The second kappa shape index (κ2) is 7.26. The molecule has 1 heteroatoms. The van der Waals surface area contributed by atoms with Gasteiger partial charge < -0.3 is 4.90 Å². The van der Waals surface area contributed by atoms with Crippen LogP contribution in [0, 0.1) is 13.8 Å². The molecule has 4 rings (SSSR count). The second-order valence-electron chi connectivity index (χ2n) is 11.0. The number of rotatable bonds is 3. The average molecular weight is 412 g/mol. The van der Waals surface area contributed by atoms with Gasteiger partial charge in [-0.15, -0.1) is 0 Å². The summed E-state index contributed by atoms with van der Waals surface area (Å²) in [5.41, 5.74) is 12.5. The Morgan fingerprint density at radius 2 is 1.45 bits per heavy atom. The molecule has 0 aromatic heterocycles. The topological polar surface area (TPSA) is 3.24 Å². The van der Waals surface area contributed by atoms with Gasteiger partial charge in [0.05, 0.1) is 0 Å². The first-order valence-corrected chi connectivity index (χ1v) is 11.6. The Bertz CT molecular complexity index is 1140. The number of fused-ring (bicyclic) bond motifs is 3. The lowest BCUT2D eigenvalue weighted by molar-refractivity contribution is 0.558. The first-order valence-electron chi connectivity index (χ1n) is 11.6. The van der Waals surface area contributed by atoms with E-state index in [4.69, 9.17) is 0 Å². The Kier molecular flexibility index (Phi) is 5.08. The third kappa shape index (κ3) is 3.39. The molecule has 0 bridgehead atoms. The van der Waals surface area contributed by atoms with Gasteiger partial charge in [0.2, 0.25) is 0 Å². The first kappa shape index (κ1) is 21.7. The molecule has 0 spiro atoms. The number of hydrogen-bond donors (Lipinski definition) is 0. The molecule has 0 saturated carbocycles. The summed E-state index contributed by atoms with van der Waals surface area (Å²) in [7, 11) is 0. The van der Waals surface area contributed by atoms with Crippen molar-refractivity contribution >= 4 is 11.4 Å². The van der Waals surface area contributed by atoms with Gasteiger partial charge in [0.25, 0.3) is 0 Å². The predicted octanol–water partition coefficient (Wildman–Crippen LogP) is 8.67. The highest BCUT2D eigenvalue weighted by Gasteiger charge is 2.38. The largest absolute Gasteiger partial charge is 0.336 e. The summed E-state index contributed by atoms with van der Waals surface area (Å²) in [6, 6.07) is 20.6. The maximum atomic E-state index is 2.53. The number of nitrogens with zero attached hydrogens (tertiary/aromatic N) is 1. The number of benzene rings is 3. The highest BCUT2D eigenvalue weighted by atomic mass is 15.2. The zero-order valence-electron chi connectivity index (χ0n) is 20.7. The van der Waals surface area contributed by atoms with E-state index in [1.54, 1.807) is 0 Å². The summed E-state index contributed by atoms with van der Waals surface area (Å²) in [6.45, 7) is 20.8. The fourth-order valence-corrected chi connectivity index (χ4v) is 5.35. The fourth-order valence-electron chi connectivity index (χ4n) is 5.35. The number of aryl methyl sites for hydroxylation is 2. The summed E-state index contributed by atoms with van der Waals surface area (Å²) >= 11 is 0. The van der Waals surface area contributed by atoms with E-state index in [1.165, 1.54) is 50.3 Å². The fraction of sp³-hybridized carbons (Fsp3) is 0.400. The molecule has 1 nitrogen and oxygen atoms in total. The number of para-hydroxylation sites is 1. The van der Waals surface area contributed by atoms with Crippen LogP contribution in [-0.2, 0) is 5.41 Å². The Morgan fingerprint density at radius 3 is 2.06 bits per heavy atom. The van der Waals surface area contributed by atoms with Crippen LogP contribution in [-0.4, -0.2) is 5.54 Å². The molecule has 162 valence electrons. The van der Waals surface area contributed by atoms with E-state index in [0.29, 0.717) is 5.92 Å². The normalized spacial score (nSPS) is 14.5. The van der Waals surface area contributed by atoms with Gasteiger partial charge in [0.1, 0.15) is 0 Å². The van der Waals surface area contributed by atoms with E-state index in [-0.39, 0.29) is 11.0 Å². The van der Waals surface area contributed by atoms with Gasteiger partial charge in [-0.1, -0.05) is 70.2 Å². The Morgan fingerprint density at radius 1 is 0.774 bits per heavy atom. The van der Waals surface area contributed by atoms with Crippen molar-refractivity contribution in [2.75, 3.05) is 4.90 Å². The smallest absolute Gasteiger partial charge is 0.0451 e. The van der Waals surface area contributed by atoms with E-state index in [0.717, 1.165) is 0 Å². The first-order chi connectivity index (χ1) is 14.4. The van der Waals surface area contributed by atoms with Gasteiger partial charge in [0, 0.05) is 22.3 Å². The molecule has 3 aromatic rings. The monoisotopic (exact) mass is 411 g/mol. The lowest BCUT2D eigenvalue weighted by atomic mass is 9.81. The molecule has 0 heterocycles. The van der Waals surface area contributed by atoms with Crippen LogP contribution in [0.15, 0.2) is 54.6 Å². The van der Waals surface area contributed by atoms with Gasteiger partial charge in [-0.2, -0.15) is 0 Å². The van der Waals surface area contributed by atoms with Crippen LogP contribution >= 0.6 is 0 Å². The lowest BCUT2D eigenvalue weighted by Crippen LogP contribution is -2.38. The van der Waals surface area contributed by atoms with Crippen LogP contribution in [0.2, 0.25) is 0 Å². The second-order valence-corrected chi connectivity index (χ2v) is 11.0. The third-order valence-electron chi connectivity index (χ3n) is 6.94. The molecular formula is C30H37N. The van der Waals surface area contributed by atoms with Crippen molar-refractivity contribution in [1.82, 2.24) is 0 Å². The SMILES string of the molecule is Cc1ccccc1N(c1cc2c(cc1C)C(C)(C)c1cccc(C(C)C)c1-2)C(C)(C)C. The summed E-state index contributed by atoms with van der Waals surface area (Å²) < 4.78 is 0. The predicted molar refractivity (Wildman–Crippen MR) is 136 cm³/mol. The summed E-state index contributed by atoms with van der Waals surface area (Å²) in [5, 5.41) is 0. The van der Waals surface area contributed by atoms with Crippen LogP contribution in [0.1, 0.15) is 82.2 Å². The molecule has 0 radical (unpaired) electrons. The van der Waals surface area contributed by atoms with Crippen molar-refractivity contribution in [3.8, 4) is 11.1 Å². The number of hydrogen-bond acceptors (Lipinski definition) is 1. The molecule has 1 aliphatic carbocycles. The van der Waals surface area contributed by atoms with Crippen molar-refractivity contribution in [2.24, 2.45) is 0 Å². The highest BCUT2D eigenvalue weighted by molar-refractivity contribution is 5.88. The summed E-state index contributed by atoms with van der Waals surface area (Å²) in [4.78, 5) is 2.53. The Balaban J connectivity index is 2.03. The van der Waals surface area contributed by atoms with Gasteiger partial charge in [-0.25, -0.2) is 0 Å². The minimum atomic E-state index is -0.0420. The van der Waals surface area contributed by atoms with Gasteiger partial charge >= 0.3 is 0 Å². The van der Waals surface area contributed by atoms with E-state index < -0.39 is 0 Å². The average Bonchev–Trinajstić information content (AvgIpc) is 2.90. The molecule has 1 aliphatic rings. The van der Waals surface area contributed by atoms with Gasteiger partial charge in [-0.3, -0.25) is 0 Å². The highest BCUT2D eigenvalue weighted by Crippen LogP contribution is 2.53. The molecule has 0 atom stereocenters. The molecular weight excluding hydrogens is 374 g/mol. The van der Waals surface area contributed by atoms with Crippen molar-refractivity contribution < 1.29 is 0 Å². The molecule has 31 heavy (non-hydrogen) atoms. The van der Waals surface area contributed by atoms with Crippen molar-refractivity contribution in [3.05, 3.63) is 82.4 Å². The van der Waals surface area contributed by atoms with E-state index in [9.17, 15) is 0 Å². The molecule has 0 fully saturated rings. The number of anilines is 2. The van der Waals surface area contributed by atoms with E-state index >= 15 is 0 Å². The summed E-state index contributed by atoms with van der Waals surface area (Å²) in [6.07, 6.45) is 0. The maximum absolute atomic E-state index is 2.53. The van der Waals surface area contributed by atoms with Crippen LogP contribution < -0.4 is 4.90 Å². The molecule has 0 N–H and O–H groups in total. The minimum Gasteiger partial charge on any atom is -0.336 e. The lowest BCUT2D eigenvalue weighted by Gasteiger charge is -2.40. The molecule has 0 amide bonds. The quantitative estimate of drug-likeness (QED) is 0.417. The maximum Gasteiger partial charge on any atom is 0.0451 e. The van der Waals surface area contributed by atoms with Crippen LogP contribution in [0.5, 0.6) is 0 Å². The van der Waals surface area contributed by atoms with Crippen LogP contribution in [0.4, 0.5) is 11.4 Å². The molecule has 0 aliphatic heterocycles. The Labute approximate surface area is 189 Å². The van der Waals surface area contributed by atoms with Crippen LogP contribution in [0.25, 0.3) is 11.1 Å². The van der Waals surface area contributed by atoms with E-state index in [1.807, 2.05) is 0 Å². The molecule has 0 saturated heterocycles. The third-order valence-corrected chi connectivity index (χ3v) is 6.94. The van der Waals surface area contributed by atoms with E-state index in [2.05, 4.69) is 122 Å². The van der Waals surface area contributed by atoms with Crippen molar-refractivity contribution in [3.63, 3.8) is 0 Å². The zero-order valence-corrected chi connectivity index (χ0v) is 20.7. The Hall–Kier alpha value is -2.54.